The molecule has 2 aliphatic heterocycles. The standard InChI is InChI=1S/C24H16F14O3/c25-13-9(14(26)18(30)11(17(13)29)23(33,34)35)21(7-3-1-5-39-7)41-22(8-4-2-6-40-8)10-15(27)19(31)12(24(36,37)38)20(32)16(10)28/h7-8,21-22H,1-6H2. The highest BCUT2D eigenvalue weighted by atomic mass is 19.4. The molecule has 228 valence electrons. The molecule has 4 atom stereocenters. The lowest BCUT2D eigenvalue weighted by Gasteiger charge is -2.33. The van der Waals surface area contributed by atoms with E-state index in [1.807, 2.05) is 0 Å². The van der Waals surface area contributed by atoms with Crippen LogP contribution in [0, 0.1) is 46.5 Å². The van der Waals surface area contributed by atoms with Crippen molar-refractivity contribution < 1.29 is 75.7 Å². The molecule has 2 aliphatic rings. The Balaban J connectivity index is 1.94. The zero-order valence-electron chi connectivity index (χ0n) is 20.1. The zero-order chi connectivity index (χ0) is 30.6. The lowest BCUT2D eigenvalue weighted by atomic mass is 9.95. The summed E-state index contributed by atoms with van der Waals surface area (Å²) in [5.74, 6) is -22.2. The summed E-state index contributed by atoms with van der Waals surface area (Å²) in [6.45, 7) is -0.396. The van der Waals surface area contributed by atoms with Gasteiger partial charge < -0.3 is 14.2 Å². The number of hydrogen-bond donors (Lipinski definition) is 0. The molecule has 0 saturated carbocycles. The summed E-state index contributed by atoms with van der Waals surface area (Å²) in [6, 6.07) is 0. The third kappa shape index (κ3) is 5.59. The van der Waals surface area contributed by atoms with Gasteiger partial charge in [0.05, 0.1) is 23.3 Å². The van der Waals surface area contributed by atoms with Gasteiger partial charge in [0.25, 0.3) is 0 Å². The molecule has 0 aromatic heterocycles. The first-order valence-corrected chi connectivity index (χ1v) is 11.7. The smallest absolute Gasteiger partial charge is 0.375 e. The fourth-order valence-corrected chi connectivity index (χ4v) is 4.82. The van der Waals surface area contributed by atoms with Crippen LogP contribution in [-0.2, 0) is 26.6 Å². The molecule has 4 rings (SSSR count). The van der Waals surface area contributed by atoms with Gasteiger partial charge >= 0.3 is 12.4 Å². The van der Waals surface area contributed by atoms with Crippen LogP contribution in [0.4, 0.5) is 61.5 Å². The van der Waals surface area contributed by atoms with Crippen LogP contribution in [0.3, 0.4) is 0 Å². The molecule has 17 heteroatoms. The van der Waals surface area contributed by atoms with Crippen molar-refractivity contribution in [1.29, 1.82) is 0 Å². The van der Waals surface area contributed by atoms with Crippen LogP contribution < -0.4 is 0 Å². The molecule has 0 bridgehead atoms. The maximum absolute atomic E-state index is 15.0. The molecule has 2 saturated heterocycles. The predicted octanol–water partition coefficient (Wildman–Crippen LogP) is 7.99. The third-order valence-corrected chi connectivity index (χ3v) is 6.63. The molecule has 0 N–H and O–H groups in total. The summed E-state index contributed by atoms with van der Waals surface area (Å²) in [4.78, 5) is 0. The Hall–Kier alpha value is -2.66. The van der Waals surface area contributed by atoms with E-state index in [-0.39, 0.29) is 38.9 Å². The molecular weight excluding hydrogens is 602 g/mol. The average Bonchev–Trinajstić information content (AvgIpc) is 3.58. The molecule has 3 nitrogen and oxygen atoms in total. The van der Waals surface area contributed by atoms with E-state index in [0.29, 0.717) is 0 Å². The lowest BCUT2D eigenvalue weighted by molar-refractivity contribution is -0.144. The third-order valence-electron chi connectivity index (χ3n) is 6.63. The Morgan fingerprint density at radius 3 is 1.02 bits per heavy atom. The summed E-state index contributed by atoms with van der Waals surface area (Å²) < 4.78 is 212. The van der Waals surface area contributed by atoms with Crippen molar-refractivity contribution in [2.75, 3.05) is 13.2 Å². The first-order valence-electron chi connectivity index (χ1n) is 11.7. The number of ether oxygens (including phenoxy) is 3. The van der Waals surface area contributed by atoms with Crippen LogP contribution in [0.2, 0.25) is 0 Å². The van der Waals surface area contributed by atoms with E-state index in [1.165, 1.54) is 0 Å². The van der Waals surface area contributed by atoms with Gasteiger partial charge in [-0.05, 0) is 25.7 Å². The quantitative estimate of drug-likeness (QED) is 0.243. The average molecular weight is 618 g/mol. The minimum atomic E-state index is -5.92. The summed E-state index contributed by atoms with van der Waals surface area (Å²) in [7, 11) is 0. The van der Waals surface area contributed by atoms with Crippen molar-refractivity contribution in [3.8, 4) is 0 Å². The van der Waals surface area contributed by atoms with E-state index in [9.17, 15) is 61.5 Å². The predicted molar refractivity (Wildman–Crippen MR) is 107 cm³/mol. The molecule has 2 aromatic carbocycles. The zero-order valence-corrected chi connectivity index (χ0v) is 20.1. The Bertz CT molecular complexity index is 1150. The van der Waals surface area contributed by atoms with Gasteiger partial charge in [-0.2, -0.15) is 26.3 Å². The van der Waals surface area contributed by atoms with Crippen molar-refractivity contribution in [2.45, 2.75) is 62.5 Å². The molecule has 41 heavy (non-hydrogen) atoms. The van der Waals surface area contributed by atoms with E-state index < -0.39 is 106 Å². The summed E-state index contributed by atoms with van der Waals surface area (Å²) >= 11 is 0. The van der Waals surface area contributed by atoms with E-state index in [1.54, 1.807) is 0 Å². The Morgan fingerprint density at radius 2 is 0.805 bits per heavy atom. The van der Waals surface area contributed by atoms with E-state index >= 15 is 0 Å². The highest BCUT2D eigenvalue weighted by molar-refractivity contribution is 5.36. The van der Waals surface area contributed by atoms with Crippen molar-refractivity contribution in [1.82, 2.24) is 0 Å². The fourth-order valence-electron chi connectivity index (χ4n) is 4.82. The monoisotopic (exact) mass is 618 g/mol. The topological polar surface area (TPSA) is 27.7 Å². The minimum absolute atomic E-state index is 0.0796. The van der Waals surface area contributed by atoms with Gasteiger partial charge in [-0.25, -0.2) is 35.1 Å². The summed E-state index contributed by atoms with van der Waals surface area (Å²) in [5.41, 5.74) is -9.61. The first-order chi connectivity index (χ1) is 19.0. The van der Waals surface area contributed by atoms with Crippen LogP contribution >= 0.6 is 0 Å². The van der Waals surface area contributed by atoms with Gasteiger partial charge in [-0.3, -0.25) is 0 Å². The van der Waals surface area contributed by atoms with Crippen LogP contribution in [0.1, 0.15) is 60.1 Å². The van der Waals surface area contributed by atoms with Crippen LogP contribution in [0.15, 0.2) is 0 Å². The van der Waals surface area contributed by atoms with Gasteiger partial charge in [0.1, 0.15) is 23.3 Å². The number of hydrogen-bond acceptors (Lipinski definition) is 3. The first kappa shape index (κ1) is 31.3. The largest absolute Gasteiger partial charge is 0.422 e. The highest BCUT2D eigenvalue weighted by Crippen LogP contribution is 2.46. The van der Waals surface area contributed by atoms with Crippen molar-refractivity contribution in [3.63, 3.8) is 0 Å². The normalized spacial score (nSPS) is 21.5. The molecule has 0 spiro atoms. The second kappa shape index (κ2) is 11.2. The molecule has 0 aliphatic carbocycles. The van der Waals surface area contributed by atoms with Gasteiger partial charge in [0, 0.05) is 13.2 Å². The number of rotatable bonds is 6. The summed E-state index contributed by atoms with van der Waals surface area (Å²) in [6.07, 6.45) is -20.6. The highest BCUT2D eigenvalue weighted by Gasteiger charge is 2.48. The molecule has 2 heterocycles. The maximum atomic E-state index is 15.0. The molecule has 0 amide bonds. The molecule has 4 unspecified atom stereocenters. The SMILES string of the molecule is Fc1c(F)c(C(F)(F)F)c(F)c(F)c1C(OC(c1c(F)c(F)c(C(F)(F)F)c(F)c1F)C1CCCO1)C1CCCO1. The second-order valence-electron chi connectivity index (χ2n) is 9.16. The van der Waals surface area contributed by atoms with Crippen LogP contribution in [-0.4, -0.2) is 25.4 Å². The van der Waals surface area contributed by atoms with Crippen molar-refractivity contribution >= 4 is 0 Å². The van der Waals surface area contributed by atoms with Gasteiger partial charge in [0.2, 0.25) is 0 Å². The van der Waals surface area contributed by atoms with E-state index in [2.05, 4.69) is 0 Å². The summed E-state index contributed by atoms with van der Waals surface area (Å²) in [5, 5.41) is 0. The number of alkyl halides is 6. The van der Waals surface area contributed by atoms with Crippen molar-refractivity contribution in [2.24, 2.45) is 0 Å². The fraction of sp³-hybridized carbons (Fsp3) is 0.500. The maximum Gasteiger partial charge on any atom is 0.422 e. The molecular formula is C24H16F14O3. The second-order valence-corrected chi connectivity index (χ2v) is 9.16. The molecule has 2 aromatic rings. The lowest BCUT2D eigenvalue weighted by Crippen LogP contribution is -2.32. The van der Waals surface area contributed by atoms with Crippen molar-refractivity contribution in [3.05, 3.63) is 68.8 Å². The van der Waals surface area contributed by atoms with Crippen LogP contribution in [0.5, 0.6) is 0 Å². The van der Waals surface area contributed by atoms with Gasteiger partial charge in [-0.15, -0.1) is 0 Å². The number of halogens is 14. The minimum Gasteiger partial charge on any atom is -0.375 e. The van der Waals surface area contributed by atoms with E-state index in [0.717, 1.165) is 0 Å². The Morgan fingerprint density at radius 1 is 0.512 bits per heavy atom. The Labute approximate surface area is 221 Å². The van der Waals surface area contributed by atoms with Crippen LogP contribution in [0.25, 0.3) is 0 Å². The Kier molecular flexibility index (Phi) is 8.55. The van der Waals surface area contributed by atoms with E-state index in [4.69, 9.17) is 14.2 Å². The van der Waals surface area contributed by atoms with Gasteiger partial charge in [0.15, 0.2) is 46.5 Å². The molecule has 2 fully saturated rings. The molecule has 0 radical (unpaired) electrons. The number of benzene rings is 2. The van der Waals surface area contributed by atoms with Gasteiger partial charge in [-0.1, -0.05) is 0 Å².